The molecule has 4 nitrogen and oxygen atoms in total. The van der Waals surface area contributed by atoms with Gasteiger partial charge in [-0.25, -0.2) is 0 Å². The molecule has 0 bridgehead atoms. The molecule has 0 aliphatic carbocycles. The van der Waals surface area contributed by atoms with Crippen molar-refractivity contribution < 1.29 is 9.53 Å². The SMILES string of the molecule is CCc1cccc2c1OCCC2NC(=O)c1cncc(C)c1. The lowest BCUT2D eigenvalue weighted by molar-refractivity contribution is 0.0924. The maximum atomic E-state index is 12.4. The molecule has 0 saturated heterocycles. The summed E-state index contributed by atoms with van der Waals surface area (Å²) in [4.78, 5) is 16.5. The number of hydrogen-bond donors (Lipinski definition) is 1. The van der Waals surface area contributed by atoms with Gasteiger partial charge >= 0.3 is 0 Å². The van der Waals surface area contributed by atoms with Gasteiger partial charge in [0.25, 0.3) is 5.91 Å². The van der Waals surface area contributed by atoms with Crippen LogP contribution in [-0.2, 0) is 6.42 Å². The van der Waals surface area contributed by atoms with Crippen molar-refractivity contribution in [3.8, 4) is 5.75 Å². The Balaban J connectivity index is 1.84. The molecule has 1 aromatic carbocycles. The largest absolute Gasteiger partial charge is 0.493 e. The number of aromatic nitrogens is 1. The van der Waals surface area contributed by atoms with Crippen molar-refractivity contribution in [2.24, 2.45) is 0 Å². The van der Waals surface area contributed by atoms with Crippen LogP contribution in [0.25, 0.3) is 0 Å². The van der Waals surface area contributed by atoms with Gasteiger partial charge in [0.05, 0.1) is 18.2 Å². The number of nitrogens with one attached hydrogen (secondary N) is 1. The molecular weight excluding hydrogens is 276 g/mol. The zero-order valence-corrected chi connectivity index (χ0v) is 12.9. The average molecular weight is 296 g/mol. The van der Waals surface area contributed by atoms with Crippen LogP contribution in [0, 0.1) is 6.92 Å². The Morgan fingerprint density at radius 3 is 3.05 bits per heavy atom. The van der Waals surface area contributed by atoms with Crippen LogP contribution in [-0.4, -0.2) is 17.5 Å². The van der Waals surface area contributed by atoms with Crippen molar-refractivity contribution in [1.29, 1.82) is 0 Å². The fraction of sp³-hybridized carbons (Fsp3) is 0.333. The van der Waals surface area contributed by atoms with Gasteiger partial charge in [-0.1, -0.05) is 25.1 Å². The first kappa shape index (κ1) is 14.6. The minimum Gasteiger partial charge on any atom is -0.493 e. The number of hydrogen-bond acceptors (Lipinski definition) is 3. The third-order valence-corrected chi connectivity index (χ3v) is 3.98. The number of carbonyl (C=O) groups is 1. The van der Waals surface area contributed by atoms with Gasteiger partial charge in [0.15, 0.2) is 0 Å². The Labute approximate surface area is 130 Å². The normalized spacial score (nSPS) is 16.5. The summed E-state index contributed by atoms with van der Waals surface area (Å²) in [5.74, 6) is 0.847. The van der Waals surface area contributed by atoms with E-state index in [1.54, 1.807) is 12.4 Å². The summed E-state index contributed by atoms with van der Waals surface area (Å²) in [6.07, 6.45) is 5.05. The molecule has 1 aliphatic rings. The van der Waals surface area contributed by atoms with Gasteiger partial charge < -0.3 is 10.1 Å². The molecule has 3 rings (SSSR count). The third kappa shape index (κ3) is 2.82. The van der Waals surface area contributed by atoms with E-state index in [0.717, 1.165) is 29.7 Å². The number of amides is 1. The summed E-state index contributed by atoms with van der Waals surface area (Å²) < 4.78 is 5.82. The van der Waals surface area contributed by atoms with Gasteiger partial charge in [0.1, 0.15) is 5.75 Å². The Morgan fingerprint density at radius 1 is 1.41 bits per heavy atom. The molecule has 0 radical (unpaired) electrons. The second kappa shape index (κ2) is 6.18. The first-order chi connectivity index (χ1) is 10.7. The molecule has 1 atom stereocenters. The summed E-state index contributed by atoms with van der Waals surface area (Å²) in [6, 6.07) is 7.98. The van der Waals surface area contributed by atoms with Crippen LogP contribution in [0.15, 0.2) is 36.7 Å². The number of rotatable bonds is 3. The molecule has 1 N–H and O–H groups in total. The third-order valence-electron chi connectivity index (χ3n) is 3.98. The molecule has 1 amide bonds. The fourth-order valence-electron chi connectivity index (χ4n) is 2.84. The highest BCUT2D eigenvalue weighted by Gasteiger charge is 2.25. The van der Waals surface area contributed by atoms with Crippen molar-refractivity contribution in [2.45, 2.75) is 32.7 Å². The molecule has 0 saturated carbocycles. The molecule has 2 heterocycles. The molecule has 1 aliphatic heterocycles. The van der Waals surface area contributed by atoms with E-state index in [-0.39, 0.29) is 11.9 Å². The summed E-state index contributed by atoms with van der Waals surface area (Å²) in [6.45, 7) is 4.67. The number of benzene rings is 1. The van der Waals surface area contributed by atoms with Crippen LogP contribution in [0.5, 0.6) is 5.75 Å². The van der Waals surface area contributed by atoms with E-state index in [9.17, 15) is 4.79 Å². The van der Waals surface area contributed by atoms with Crippen LogP contribution in [0.4, 0.5) is 0 Å². The summed E-state index contributed by atoms with van der Waals surface area (Å²) >= 11 is 0. The maximum absolute atomic E-state index is 12.4. The second-order valence-corrected chi connectivity index (χ2v) is 5.60. The van der Waals surface area contributed by atoms with Crippen molar-refractivity contribution >= 4 is 5.91 Å². The molecule has 0 spiro atoms. The van der Waals surface area contributed by atoms with Gasteiger partial charge in [0.2, 0.25) is 0 Å². The highest BCUT2D eigenvalue weighted by Crippen LogP contribution is 2.35. The van der Waals surface area contributed by atoms with E-state index in [1.807, 2.05) is 25.1 Å². The Hall–Kier alpha value is -2.36. The number of ether oxygens (including phenoxy) is 1. The van der Waals surface area contributed by atoms with Gasteiger partial charge in [-0.3, -0.25) is 9.78 Å². The predicted octanol–water partition coefficient (Wildman–Crippen LogP) is 3.21. The zero-order chi connectivity index (χ0) is 15.5. The summed E-state index contributed by atoms with van der Waals surface area (Å²) in [5.41, 5.74) is 3.83. The maximum Gasteiger partial charge on any atom is 0.253 e. The lowest BCUT2D eigenvalue weighted by Crippen LogP contribution is -2.32. The molecule has 1 unspecified atom stereocenters. The highest BCUT2D eigenvalue weighted by molar-refractivity contribution is 5.94. The smallest absolute Gasteiger partial charge is 0.253 e. The van der Waals surface area contributed by atoms with E-state index in [2.05, 4.69) is 23.3 Å². The van der Waals surface area contributed by atoms with Crippen LogP contribution in [0.1, 0.15) is 46.4 Å². The molecule has 114 valence electrons. The quantitative estimate of drug-likeness (QED) is 0.946. The van der Waals surface area contributed by atoms with Crippen LogP contribution in [0.2, 0.25) is 0 Å². The molecule has 22 heavy (non-hydrogen) atoms. The Kier molecular flexibility index (Phi) is 4.09. The molecule has 4 heteroatoms. The van der Waals surface area contributed by atoms with Crippen molar-refractivity contribution in [3.63, 3.8) is 0 Å². The molecular formula is C18H20N2O2. The second-order valence-electron chi connectivity index (χ2n) is 5.60. The lowest BCUT2D eigenvalue weighted by atomic mass is 9.96. The van der Waals surface area contributed by atoms with Crippen molar-refractivity contribution in [1.82, 2.24) is 10.3 Å². The van der Waals surface area contributed by atoms with Gasteiger partial charge in [0, 0.05) is 24.4 Å². The van der Waals surface area contributed by atoms with Gasteiger partial charge in [-0.05, 0) is 30.5 Å². The fourth-order valence-corrected chi connectivity index (χ4v) is 2.84. The number of nitrogens with zero attached hydrogens (tertiary/aromatic N) is 1. The monoisotopic (exact) mass is 296 g/mol. The number of fused-ring (bicyclic) bond motifs is 1. The molecule has 1 aromatic heterocycles. The van der Waals surface area contributed by atoms with Crippen LogP contribution < -0.4 is 10.1 Å². The zero-order valence-electron chi connectivity index (χ0n) is 12.9. The van der Waals surface area contributed by atoms with E-state index in [1.165, 1.54) is 5.56 Å². The van der Waals surface area contributed by atoms with Crippen LogP contribution >= 0.6 is 0 Å². The van der Waals surface area contributed by atoms with Gasteiger partial charge in [-0.2, -0.15) is 0 Å². The Morgan fingerprint density at radius 2 is 2.27 bits per heavy atom. The number of para-hydroxylation sites is 1. The average Bonchev–Trinajstić information content (AvgIpc) is 2.54. The molecule has 0 fully saturated rings. The van der Waals surface area contributed by atoms with Crippen molar-refractivity contribution in [2.75, 3.05) is 6.61 Å². The van der Waals surface area contributed by atoms with E-state index in [4.69, 9.17) is 4.74 Å². The predicted molar refractivity (Wildman–Crippen MR) is 85.1 cm³/mol. The first-order valence-electron chi connectivity index (χ1n) is 7.66. The lowest BCUT2D eigenvalue weighted by Gasteiger charge is -2.28. The van der Waals surface area contributed by atoms with E-state index >= 15 is 0 Å². The summed E-state index contributed by atoms with van der Waals surface area (Å²) in [7, 11) is 0. The van der Waals surface area contributed by atoms with E-state index in [0.29, 0.717) is 12.2 Å². The standard InChI is InChI=1S/C18H20N2O2/c1-3-13-5-4-6-15-16(7-8-22-17(13)15)20-18(21)14-9-12(2)10-19-11-14/h4-6,9-11,16H,3,7-8H2,1-2H3,(H,20,21). The highest BCUT2D eigenvalue weighted by atomic mass is 16.5. The topological polar surface area (TPSA) is 51.2 Å². The number of pyridine rings is 1. The summed E-state index contributed by atoms with van der Waals surface area (Å²) in [5, 5.41) is 3.11. The molecule has 2 aromatic rings. The van der Waals surface area contributed by atoms with Gasteiger partial charge in [-0.15, -0.1) is 0 Å². The minimum atomic E-state index is -0.0871. The number of aryl methyl sites for hydroxylation is 2. The van der Waals surface area contributed by atoms with Crippen LogP contribution in [0.3, 0.4) is 0 Å². The van der Waals surface area contributed by atoms with Crippen molar-refractivity contribution in [3.05, 3.63) is 58.9 Å². The minimum absolute atomic E-state index is 0.0109. The number of carbonyl (C=O) groups excluding carboxylic acids is 1. The van der Waals surface area contributed by atoms with E-state index < -0.39 is 0 Å². The Bertz CT molecular complexity index is 697. The first-order valence-corrected chi connectivity index (χ1v) is 7.66.